The minimum atomic E-state index is -0.774. The Balaban J connectivity index is 4.27. The fourth-order valence-corrected chi connectivity index (χ4v) is 9.83. The molecule has 0 aliphatic rings. The molecule has 0 aliphatic carbocycles. The van der Waals surface area contributed by atoms with E-state index >= 15 is 0 Å². The van der Waals surface area contributed by atoms with E-state index < -0.39 is 6.10 Å². The van der Waals surface area contributed by atoms with E-state index in [0.29, 0.717) is 19.3 Å². The molecule has 6 heteroatoms. The molecule has 6 nitrogen and oxygen atoms in total. The molecule has 0 bridgehead atoms. The molecule has 0 amide bonds. The van der Waals surface area contributed by atoms with Gasteiger partial charge in [0.2, 0.25) is 0 Å². The van der Waals surface area contributed by atoms with Gasteiger partial charge in [-0.3, -0.25) is 14.4 Å². The molecule has 0 fully saturated rings. The molecule has 0 N–H and O–H groups in total. The van der Waals surface area contributed by atoms with Crippen molar-refractivity contribution in [3.8, 4) is 0 Å². The lowest BCUT2D eigenvalue weighted by molar-refractivity contribution is -0.167. The van der Waals surface area contributed by atoms with E-state index in [4.69, 9.17) is 14.2 Å². The smallest absolute Gasteiger partial charge is 0.306 e. The van der Waals surface area contributed by atoms with Crippen molar-refractivity contribution < 1.29 is 28.6 Å². The predicted octanol–water partition coefficient (Wildman–Crippen LogP) is 22.7. The van der Waals surface area contributed by atoms with E-state index in [0.717, 1.165) is 96.3 Å². The number of ether oxygens (including phenoxy) is 3. The molecule has 1 unspecified atom stereocenters. The zero-order chi connectivity index (χ0) is 55.0. The summed E-state index contributed by atoms with van der Waals surface area (Å²) in [5.41, 5.74) is 0. The van der Waals surface area contributed by atoms with Crippen molar-refractivity contribution in [3.63, 3.8) is 0 Å². The number of allylic oxidation sites excluding steroid dienone is 10. The number of rotatable bonds is 61. The van der Waals surface area contributed by atoms with Crippen LogP contribution in [0.3, 0.4) is 0 Å². The zero-order valence-corrected chi connectivity index (χ0v) is 50.8. The van der Waals surface area contributed by atoms with Crippen molar-refractivity contribution in [3.05, 3.63) is 60.8 Å². The summed E-state index contributed by atoms with van der Waals surface area (Å²) in [7, 11) is 0. The van der Waals surface area contributed by atoms with Crippen molar-refractivity contribution in [2.24, 2.45) is 0 Å². The largest absolute Gasteiger partial charge is 0.462 e. The van der Waals surface area contributed by atoms with E-state index in [-0.39, 0.29) is 31.1 Å². The Labute approximate surface area is 472 Å². The zero-order valence-electron chi connectivity index (χ0n) is 50.8. The number of hydrogen-bond acceptors (Lipinski definition) is 6. The van der Waals surface area contributed by atoms with Crippen molar-refractivity contribution in [2.75, 3.05) is 13.2 Å². The second-order valence-electron chi connectivity index (χ2n) is 22.4. The molecule has 0 aromatic rings. The Morgan fingerprint density at radius 2 is 0.513 bits per heavy atom. The molecule has 0 radical (unpaired) electrons. The molecule has 0 heterocycles. The first kappa shape index (κ1) is 73.1. The van der Waals surface area contributed by atoms with E-state index in [1.807, 2.05) is 0 Å². The van der Waals surface area contributed by atoms with Crippen LogP contribution in [0.25, 0.3) is 0 Å². The molecule has 0 aliphatic heterocycles. The van der Waals surface area contributed by atoms with E-state index in [1.165, 1.54) is 212 Å². The summed E-state index contributed by atoms with van der Waals surface area (Å²) in [4.78, 5) is 38.3. The van der Waals surface area contributed by atoms with Crippen LogP contribution in [0.4, 0.5) is 0 Å². The van der Waals surface area contributed by atoms with Gasteiger partial charge in [-0.1, -0.05) is 326 Å². The minimum Gasteiger partial charge on any atom is -0.462 e. The summed E-state index contributed by atoms with van der Waals surface area (Å²) >= 11 is 0. The molecule has 0 saturated carbocycles. The SMILES string of the molecule is CC/C=C\C/C=C\C/C=C\C/C=C\C/C=C\CCCCCCCCCCCC(=O)OCC(COC(=O)CCCCCCCCCCCCCC)OC(=O)CCCCCCCCCCCCCCCCCCCCCCC. The summed E-state index contributed by atoms with van der Waals surface area (Å²) in [5, 5.41) is 0. The van der Waals surface area contributed by atoms with Crippen LogP contribution in [0.15, 0.2) is 60.8 Å². The Bertz CT molecular complexity index is 1360. The van der Waals surface area contributed by atoms with Crippen LogP contribution in [0, 0.1) is 0 Å². The first-order valence-corrected chi connectivity index (χ1v) is 33.3. The van der Waals surface area contributed by atoms with Crippen LogP contribution in [-0.4, -0.2) is 37.2 Å². The van der Waals surface area contributed by atoms with Crippen LogP contribution in [0.1, 0.15) is 348 Å². The summed E-state index contributed by atoms with van der Waals surface area (Å²) in [5.74, 6) is -0.855. The van der Waals surface area contributed by atoms with Gasteiger partial charge in [-0.25, -0.2) is 0 Å². The molecule has 0 aromatic heterocycles. The third-order valence-electron chi connectivity index (χ3n) is 14.8. The predicted molar refractivity (Wildman–Crippen MR) is 330 cm³/mol. The highest BCUT2D eigenvalue weighted by Gasteiger charge is 2.19. The van der Waals surface area contributed by atoms with Gasteiger partial charge in [0, 0.05) is 19.3 Å². The number of esters is 3. The van der Waals surface area contributed by atoms with Gasteiger partial charge >= 0.3 is 17.9 Å². The van der Waals surface area contributed by atoms with Crippen LogP contribution < -0.4 is 0 Å². The molecule has 0 saturated heterocycles. The average Bonchev–Trinajstić information content (AvgIpc) is 3.42. The fraction of sp³-hybridized carbons (Fsp3) is 0.814. The van der Waals surface area contributed by atoms with E-state index in [2.05, 4.69) is 81.5 Å². The van der Waals surface area contributed by atoms with Crippen molar-refractivity contribution in [2.45, 2.75) is 354 Å². The lowest BCUT2D eigenvalue weighted by Gasteiger charge is -2.18. The molecule has 0 spiro atoms. The van der Waals surface area contributed by atoms with Gasteiger partial charge in [-0.2, -0.15) is 0 Å². The van der Waals surface area contributed by atoms with Gasteiger partial charge in [0.1, 0.15) is 13.2 Å². The van der Waals surface area contributed by atoms with Crippen LogP contribution in [-0.2, 0) is 28.6 Å². The second-order valence-corrected chi connectivity index (χ2v) is 22.4. The maximum atomic E-state index is 12.9. The molecule has 0 rings (SSSR count). The van der Waals surface area contributed by atoms with Gasteiger partial charge in [-0.05, 0) is 64.2 Å². The molecular formula is C70H126O6. The Hall–Kier alpha value is -2.89. The lowest BCUT2D eigenvalue weighted by atomic mass is 10.0. The summed E-state index contributed by atoms with van der Waals surface area (Å²) in [6.45, 7) is 6.58. The summed E-state index contributed by atoms with van der Waals surface area (Å²) < 4.78 is 17.0. The van der Waals surface area contributed by atoms with E-state index in [1.54, 1.807) is 0 Å². The maximum absolute atomic E-state index is 12.9. The molecule has 442 valence electrons. The number of carbonyl (C=O) groups excluding carboxylic acids is 3. The van der Waals surface area contributed by atoms with Crippen LogP contribution in [0.5, 0.6) is 0 Å². The minimum absolute atomic E-state index is 0.0706. The van der Waals surface area contributed by atoms with Gasteiger partial charge < -0.3 is 14.2 Å². The molecule has 0 aromatic carbocycles. The Morgan fingerprint density at radius 1 is 0.276 bits per heavy atom. The molecule has 76 heavy (non-hydrogen) atoms. The summed E-state index contributed by atoms with van der Waals surface area (Å²) in [6, 6.07) is 0. The second kappa shape index (κ2) is 64.6. The summed E-state index contributed by atoms with van der Waals surface area (Å²) in [6.07, 6.45) is 82.3. The fourth-order valence-electron chi connectivity index (χ4n) is 9.83. The number of hydrogen-bond donors (Lipinski definition) is 0. The highest BCUT2D eigenvalue weighted by molar-refractivity contribution is 5.71. The average molecular weight is 1060 g/mol. The van der Waals surface area contributed by atoms with Crippen LogP contribution in [0.2, 0.25) is 0 Å². The van der Waals surface area contributed by atoms with Crippen LogP contribution >= 0.6 is 0 Å². The quantitative estimate of drug-likeness (QED) is 0.0261. The van der Waals surface area contributed by atoms with Gasteiger partial charge in [-0.15, -0.1) is 0 Å². The van der Waals surface area contributed by atoms with Crippen molar-refractivity contribution in [1.29, 1.82) is 0 Å². The van der Waals surface area contributed by atoms with Gasteiger partial charge in [0.15, 0.2) is 6.10 Å². The third kappa shape index (κ3) is 62.0. The van der Waals surface area contributed by atoms with Gasteiger partial charge in [0.25, 0.3) is 0 Å². The lowest BCUT2D eigenvalue weighted by Crippen LogP contribution is -2.30. The first-order valence-electron chi connectivity index (χ1n) is 33.3. The van der Waals surface area contributed by atoms with E-state index in [9.17, 15) is 14.4 Å². The first-order chi connectivity index (χ1) is 37.5. The number of carbonyl (C=O) groups is 3. The Morgan fingerprint density at radius 3 is 0.803 bits per heavy atom. The maximum Gasteiger partial charge on any atom is 0.306 e. The monoisotopic (exact) mass is 1060 g/mol. The highest BCUT2D eigenvalue weighted by atomic mass is 16.6. The highest BCUT2D eigenvalue weighted by Crippen LogP contribution is 2.18. The topological polar surface area (TPSA) is 78.9 Å². The van der Waals surface area contributed by atoms with Gasteiger partial charge in [0.05, 0.1) is 0 Å². The molecular weight excluding hydrogens is 937 g/mol. The Kier molecular flexibility index (Phi) is 62.2. The standard InChI is InChI=1S/C70H126O6/c1-4-7-10-13-16-19-22-25-27-29-31-33-34-35-36-38-39-41-43-45-48-51-54-57-60-63-69(72)75-66-67(65-74-68(71)62-59-56-53-50-47-24-21-18-15-12-9-6-3)76-70(73)64-61-58-55-52-49-46-44-42-40-37-32-30-28-26-23-20-17-14-11-8-5-2/h7,10,16,19,25,27,31,33,35-36,67H,4-6,8-9,11-15,17-18,20-24,26,28-30,32,34,37-66H2,1-3H3/b10-7-,19-16-,27-25-,33-31-,36-35-. The molecule has 1 atom stereocenters. The van der Waals surface area contributed by atoms with Crippen molar-refractivity contribution in [1.82, 2.24) is 0 Å². The number of unbranched alkanes of at least 4 members (excludes halogenated alkanes) is 40. The third-order valence-corrected chi connectivity index (χ3v) is 14.8. The van der Waals surface area contributed by atoms with Crippen molar-refractivity contribution >= 4 is 17.9 Å². The normalized spacial score (nSPS) is 12.4.